The van der Waals surface area contributed by atoms with Crippen molar-refractivity contribution in [1.82, 2.24) is 0 Å². The van der Waals surface area contributed by atoms with Gasteiger partial charge in [0.1, 0.15) is 30.3 Å². The topological polar surface area (TPSA) is 55.8 Å². The van der Waals surface area contributed by atoms with Crippen LogP contribution in [-0.2, 0) is 13.2 Å². The maximum absolute atomic E-state index is 14.5. The van der Waals surface area contributed by atoms with E-state index < -0.39 is 11.6 Å². The third-order valence-electron chi connectivity index (χ3n) is 5.33. The van der Waals surface area contributed by atoms with Gasteiger partial charge in [0.2, 0.25) is 0 Å². The number of aromatic hydroxyl groups is 1. The van der Waals surface area contributed by atoms with Crippen LogP contribution in [0.2, 0.25) is 0 Å². The molecule has 0 atom stereocenters. The zero-order chi connectivity index (χ0) is 24.6. The third kappa shape index (κ3) is 6.36. The van der Waals surface area contributed by atoms with Gasteiger partial charge in [0, 0.05) is 0 Å². The Morgan fingerprint density at radius 2 is 1.43 bits per heavy atom. The fourth-order valence-electron chi connectivity index (χ4n) is 3.56. The van der Waals surface area contributed by atoms with Crippen LogP contribution in [0.4, 0.5) is 4.39 Å². The number of ketones is 1. The molecule has 0 aromatic heterocycles. The lowest BCUT2D eigenvalue weighted by atomic mass is 10.0. The molecular formula is C30H25FO4. The Labute approximate surface area is 203 Å². The van der Waals surface area contributed by atoms with Crippen molar-refractivity contribution in [3.05, 3.63) is 131 Å². The summed E-state index contributed by atoms with van der Waals surface area (Å²) in [4.78, 5) is 12.9. The highest BCUT2D eigenvalue weighted by molar-refractivity contribution is 6.10. The number of benzene rings is 4. The van der Waals surface area contributed by atoms with E-state index in [1.54, 1.807) is 12.1 Å². The molecule has 0 saturated carbocycles. The Morgan fingerprint density at radius 3 is 2.03 bits per heavy atom. The molecular weight excluding hydrogens is 443 g/mol. The molecule has 5 heteroatoms. The summed E-state index contributed by atoms with van der Waals surface area (Å²) in [6.07, 6.45) is 2.78. The number of phenols is 1. The molecule has 0 bridgehead atoms. The molecule has 0 spiro atoms. The molecule has 1 N–H and O–H groups in total. The average Bonchev–Trinajstić information content (AvgIpc) is 2.86. The number of carbonyl (C=O) groups is 1. The van der Waals surface area contributed by atoms with Crippen molar-refractivity contribution in [2.75, 3.05) is 0 Å². The van der Waals surface area contributed by atoms with E-state index in [1.165, 1.54) is 30.4 Å². The molecule has 0 radical (unpaired) electrons. The van der Waals surface area contributed by atoms with Gasteiger partial charge in [-0.15, -0.1) is 0 Å². The summed E-state index contributed by atoms with van der Waals surface area (Å²) >= 11 is 0. The first-order valence-electron chi connectivity index (χ1n) is 11.2. The van der Waals surface area contributed by atoms with Gasteiger partial charge in [-0.05, 0) is 59.5 Å². The number of ether oxygens (including phenoxy) is 2. The van der Waals surface area contributed by atoms with Gasteiger partial charge in [0.25, 0.3) is 0 Å². The molecule has 35 heavy (non-hydrogen) atoms. The molecule has 4 rings (SSSR count). The van der Waals surface area contributed by atoms with E-state index in [2.05, 4.69) is 0 Å². The van der Waals surface area contributed by atoms with Crippen molar-refractivity contribution in [2.45, 2.75) is 20.1 Å². The number of hydrogen-bond acceptors (Lipinski definition) is 4. The highest BCUT2D eigenvalue weighted by atomic mass is 19.1. The van der Waals surface area contributed by atoms with Crippen molar-refractivity contribution >= 4 is 11.9 Å². The predicted octanol–water partition coefficient (Wildman–Crippen LogP) is 6.89. The second kappa shape index (κ2) is 11.2. The third-order valence-corrected chi connectivity index (χ3v) is 5.33. The van der Waals surface area contributed by atoms with Crippen LogP contribution in [0.25, 0.3) is 6.08 Å². The summed E-state index contributed by atoms with van der Waals surface area (Å²) in [6.45, 7) is 2.32. The summed E-state index contributed by atoms with van der Waals surface area (Å²) in [6, 6.07) is 26.7. The molecule has 0 aliphatic carbocycles. The minimum absolute atomic E-state index is 0.0612. The lowest BCUT2D eigenvalue weighted by Gasteiger charge is -2.13. The smallest absolute Gasteiger partial charge is 0.193 e. The van der Waals surface area contributed by atoms with Gasteiger partial charge in [-0.3, -0.25) is 4.79 Å². The number of carbonyl (C=O) groups excluding carboxylic acids is 1. The fourth-order valence-corrected chi connectivity index (χ4v) is 3.56. The highest BCUT2D eigenvalue weighted by Crippen LogP contribution is 2.31. The van der Waals surface area contributed by atoms with Crippen molar-refractivity contribution in [3.63, 3.8) is 0 Å². The van der Waals surface area contributed by atoms with Gasteiger partial charge >= 0.3 is 0 Å². The zero-order valence-electron chi connectivity index (χ0n) is 19.3. The summed E-state index contributed by atoms with van der Waals surface area (Å²) < 4.78 is 26.0. The van der Waals surface area contributed by atoms with Crippen molar-refractivity contribution in [3.8, 4) is 17.2 Å². The molecule has 0 unspecified atom stereocenters. The summed E-state index contributed by atoms with van der Waals surface area (Å²) in [5, 5.41) is 10.5. The van der Waals surface area contributed by atoms with Gasteiger partial charge in [-0.25, -0.2) is 4.39 Å². The first-order valence-corrected chi connectivity index (χ1v) is 11.2. The van der Waals surface area contributed by atoms with Crippen molar-refractivity contribution in [1.29, 1.82) is 0 Å². The van der Waals surface area contributed by atoms with Crippen LogP contribution in [0.3, 0.4) is 0 Å². The SMILES string of the molecule is Cc1cc(O)c(C(=O)/C=C/c2ccc(OCc3ccccc3)c(F)c2)c(OCc2ccccc2)c1. The van der Waals surface area contributed by atoms with E-state index >= 15 is 0 Å². The Morgan fingerprint density at radius 1 is 0.829 bits per heavy atom. The highest BCUT2D eigenvalue weighted by Gasteiger charge is 2.17. The molecule has 0 heterocycles. The molecule has 4 aromatic carbocycles. The molecule has 4 nitrogen and oxygen atoms in total. The maximum atomic E-state index is 14.5. The first kappa shape index (κ1) is 23.8. The van der Waals surface area contributed by atoms with Crippen LogP contribution in [-0.4, -0.2) is 10.9 Å². The fraction of sp³-hybridized carbons (Fsp3) is 0.100. The first-order chi connectivity index (χ1) is 17.0. The minimum Gasteiger partial charge on any atom is -0.507 e. The zero-order valence-corrected chi connectivity index (χ0v) is 19.3. The number of allylic oxidation sites excluding steroid dienone is 1. The van der Waals surface area contributed by atoms with Crippen LogP contribution in [0.1, 0.15) is 32.6 Å². The van der Waals surface area contributed by atoms with E-state index in [4.69, 9.17) is 9.47 Å². The van der Waals surface area contributed by atoms with Crippen LogP contribution in [0.5, 0.6) is 17.2 Å². The van der Waals surface area contributed by atoms with Crippen molar-refractivity contribution < 1.29 is 23.8 Å². The molecule has 176 valence electrons. The van der Waals surface area contributed by atoms with Gasteiger partial charge in [0.05, 0.1) is 0 Å². The lowest BCUT2D eigenvalue weighted by Crippen LogP contribution is -2.03. The van der Waals surface area contributed by atoms with Crippen molar-refractivity contribution in [2.24, 2.45) is 0 Å². The van der Waals surface area contributed by atoms with Crippen LogP contribution in [0.15, 0.2) is 97.1 Å². The van der Waals surface area contributed by atoms with E-state index in [-0.39, 0.29) is 36.0 Å². The Hall–Kier alpha value is -4.38. The number of halogens is 1. The molecule has 0 amide bonds. The van der Waals surface area contributed by atoms with Gasteiger partial charge in [-0.2, -0.15) is 0 Å². The predicted molar refractivity (Wildman–Crippen MR) is 134 cm³/mol. The normalized spacial score (nSPS) is 10.9. The quantitative estimate of drug-likeness (QED) is 0.215. The van der Waals surface area contributed by atoms with Gasteiger partial charge in [0.15, 0.2) is 17.3 Å². The summed E-state index contributed by atoms with van der Waals surface area (Å²) in [5.74, 6) is -0.725. The Bertz CT molecular complexity index is 1330. The van der Waals surface area contributed by atoms with E-state index in [0.717, 1.165) is 16.7 Å². The molecule has 0 fully saturated rings. The van der Waals surface area contributed by atoms with E-state index in [0.29, 0.717) is 5.56 Å². The van der Waals surface area contributed by atoms with E-state index in [1.807, 2.05) is 67.6 Å². The minimum atomic E-state index is -0.527. The number of aryl methyl sites for hydroxylation is 1. The number of rotatable bonds is 9. The number of hydrogen-bond donors (Lipinski definition) is 1. The molecule has 4 aromatic rings. The molecule has 0 saturated heterocycles. The second-order valence-electron chi connectivity index (χ2n) is 8.09. The lowest BCUT2D eigenvalue weighted by molar-refractivity contribution is 0.104. The second-order valence-corrected chi connectivity index (χ2v) is 8.09. The summed E-state index contributed by atoms with van der Waals surface area (Å²) in [7, 11) is 0. The summed E-state index contributed by atoms with van der Waals surface area (Å²) in [5.41, 5.74) is 3.18. The monoisotopic (exact) mass is 468 g/mol. The van der Waals surface area contributed by atoms with Crippen LogP contribution < -0.4 is 9.47 Å². The molecule has 0 aliphatic rings. The van der Waals surface area contributed by atoms with E-state index in [9.17, 15) is 14.3 Å². The Balaban J connectivity index is 1.47. The van der Waals surface area contributed by atoms with Crippen LogP contribution in [0, 0.1) is 12.7 Å². The largest absolute Gasteiger partial charge is 0.507 e. The average molecular weight is 469 g/mol. The van der Waals surface area contributed by atoms with Gasteiger partial charge < -0.3 is 14.6 Å². The standard InChI is InChI=1S/C30H25FO4/c1-21-16-27(33)30(29(17-21)35-20-24-10-6-3-7-11-24)26(32)14-12-22-13-15-28(25(31)18-22)34-19-23-8-4-2-5-9-23/h2-18,33H,19-20H2,1H3/b14-12+. The van der Waals surface area contributed by atoms with Gasteiger partial charge in [-0.1, -0.05) is 72.8 Å². The van der Waals surface area contributed by atoms with Crippen LogP contribution >= 0.6 is 0 Å². The maximum Gasteiger partial charge on any atom is 0.193 e. The number of phenolic OH excluding ortho intramolecular Hbond substituents is 1. The molecule has 0 aliphatic heterocycles. The Kier molecular flexibility index (Phi) is 7.58.